The van der Waals surface area contributed by atoms with Crippen LogP contribution in [0, 0.1) is 0 Å². The average molecular weight is 329 g/mol. The Kier molecular flexibility index (Phi) is 4.73. The third kappa shape index (κ3) is 3.69. The first-order valence-electron chi connectivity index (χ1n) is 7.79. The fourth-order valence-electron chi connectivity index (χ4n) is 2.96. The van der Waals surface area contributed by atoms with Crippen LogP contribution in [0.25, 0.3) is 10.9 Å². The van der Waals surface area contributed by atoms with E-state index in [1.807, 2.05) is 18.2 Å². The van der Waals surface area contributed by atoms with E-state index >= 15 is 0 Å². The highest BCUT2D eigenvalue weighted by atomic mass is 16.4. The van der Waals surface area contributed by atoms with Crippen molar-refractivity contribution in [2.75, 3.05) is 32.7 Å². The van der Waals surface area contributed by atoms with Crippen LogP contribution in [-0.2, 0) is 4.79 Å². The number of β-amino-alcohol motifs (C(OH)–C–C–N with tert-alkyl or cyclic N) is 1. The second-order valence-corrected chi connectivity index (χ2v) is 5.94. The van der Waals surface area contributed by atoms with Crippen molar-refractivity contribution in [3.8, 4) is 0 Å². The molecule has 0 aliphatic carbocycles. The lowest BCUT2D eigenvalue weighted by Crippen LogP contribution is -2.37. The summed E-state index contributed by atoms with van der Waals surface area (Å²) >= 11 is 0. The third-order valence-electron chi connectivity index (χ3n) is 4.09. The van der Waals surface area contributed by atoms with Crippen LogP contribution in [0.1, 0.15) is 10.4 Å². The Hall–Kier alpha value is -2.51. The van der Waals surface area contributed by atoms with Crippen molar-refractivity contribution in [2.24, 2.45) is 0 Å². The van der Waals surface area contributed by atoms with Gasteiger partial charge in [-0.15, -0.1) is 0 Å². The minimum absolute atomic E-state index is 0.140. The number of hydrogen-bond acceptors (Lipinski definition) is 5. The molecule has 1 saturated heterocycles. The largest absolute Gasteiger partial charge is 0.480 e. The lowest BCUT2D eigenvalue weighted by molar-refractivity contribution is -0.138. The number of carboxylic acid groups (broad SMARTS) is 1. The van der Waals surface area contributed by atoms with E-state index in [1.165, 1.54) is 0 Å². The molecule has 0 saturated carbocycles. The number of amides is 1. The number of carbonyl (C=O) groups excluding carboxylic acids is 1. The number of aliphatic carboxylic acids is 1. The van der Waals surface area contributed by atoms with Crippen molar-refractivity contribution in [2.45, 2.75) is 6.10 Å². The Bertz CT molecular complexity index is 764. The van der Waals surface area contributed by atoms with Gasteiger partial charge >= 0.3 is 5.97 Å². The van der Waals surface area contributed by atoms with Gasteiger partial charge in [-0.25, -0.2) is 0 Å². The molecule has 7 nitrogen and oxygen atoms in total. The predicted octanol–water partition coefficient (Wildman–Crippen LogP) is 0.438. The molecule has 0 radical (unpaired) electrons. The van der Waals surface area contributed by atoms with Crippen molar-refractivity contribution >= 4 is 22.8 Å². The molecule has 1 fully saturated rings. The molecule has 1 amide bonds. The molecule has 1 aromatic carbocycles. The van der Waals surface area contributed by atoms with Crippen molar-refractivity contribution in [1.82, 2.24) is 14.8 Å². The number of aliphatic hydroxyl groups excluding tert-OH is 1. The van der Waals surface area contributed by atoms with Crippen LogP contribution in [0.15, 0.2) is 36.5 Å². The number of pyridine rings is 1. The number of fused-ring (bicyclic) bond motifs is 1. The van der Waals surface area contributed by atoms with Gasteiger partial charge in [0.2, 0.25) is 0 Å². The van der Waals surface area contributed by atoms with Gasteiger partial charge < -0.3 is 15.1 Å². The van der Waals surface area contributed by atoms with E-state index in [-0.39, 0.29) is 25.5 Å². The third-order valence-corrected chi connectivity index (χ3v) is 4.09. The average Bonchev–Trinajstić information content (AvgIpc) is 2.74. The van der Waals surface area contributed by atoms with Gasteiger partial charge in [-0.2, -0.15) is 0 Å². The fraction of sp³-hybridized carbons (Fsp3) is 0.353. The van der Waals surface area contributed by atoms with E-state index in [1.54, 1.807) is 28.1 Å². The van der Waals surface area contributed by atoms with E-state index in [0.29, 0.717) is 18.7 Å². The Morgan fingerprint density at radius 2 is 2.04 bits per heavy atom. The quantitative estimate of drug-likeness (QED) is 0.848. The molecule has 0 bridgehead atoms. The molecule has 2 N–H and O–H groups in total. The van der Waals surface area contributed by atoms with Crippen molar-refractivity contribution in [3.63, 3.8) is 0 Å². The Balaban J connectivity index is 1.76. The lowest BCUT2D eigenvalue weighted by atomic mass is 10.1. The summed E-state index contributed by atoms with van der Waals surface area (Å²) in [4.78, 5) is 31.0. The normalized spacial score (nSPS) is 19.2. The Labute approximate surface area is 139 Å². The second kappa shape index (κ2) is 6.94. The molecule has 3 rings (SSSR count). The van der Waals surface area contributed by atoms with E-state index in [4.69, 9.17) is 5.11 Å². The number of rotatable bonds is 3. The van der Waals surface area contributed by atoms with Gasteiger partial charge in [-0.3, -0.25) is 19.5 Å². The second-order valence-electron chi connectivity index (χ2n) is 5.94. The van der Waals surface area contributed by atoms with Gasteiger partial charge in [0.05, 0.1) is 18.2 Å². The summed E-state index contributed by atoms with van der Waals surface area (Å²) in [7, 11) is 0. The maximum atomic E-state index is 12.7. The SMILES string of the molecule is O=C(O)CN1CCN(C(=O)c2ccc3cccnc3c2)CC(O)C1. The fourth-order valence-corrected chi connectivity index (χ4v) is 2.96. The topological polar surface area (TPSA) is 94.0 Å². The zero-order chi connectivity index (χ0) is 17.1. The summed E-state index contributed by atoms with van der Waals surface area (Å²) in [5.74, 6) is -1.12. The van der Waals surface area contributed by atoms with Gasteiger partial charge in [0.1, 0.15) is 0 Å². The maximum absolute atomic E-state index is 12.7. The number of carboxylic acids is 1. The van der Waals surface area contributed by atoms with E-state index in [9.17, 15) is 14.7 Å². The summed E-state index contributed by atoms with van der Waals surface area (Å²) in [6, 6.07) is 9.10. The van der Waals surface area contributed by atoms with E-state index in [0.717, 1.165) is 10.9 Å². The number of benzene rings is 1. The predicted molar refractivity (Wildman–Crippen MR) is 87.7 cm³/mol. The molecule has 1 aromatic heterocycles. The number of aromatic nitrogens is 1. The van der Waals surface area contributed by atoms with Crippen LogP contribution in [0.5, 0.6) is 0 Å². The van der Waals surface area contributed by atoms with Crippen LogP contribution in [0.4, 0.5) is 0 Å². The van der Waals surface area contributed by atoms with Crippen LogP contribution < -0.4 is 0 Å². The van der Waals surface area contributed by atoms with Gasteiger partial charge in [-0.05, 0) is 18.2 Å². The van der Waals surface area contributed by atoms with Crippen LogP contribution in [-0.4, -0.2) is 75.7 Å². The molecular formula is C17H19N3O4. The summed E-state index contributed by atoms with van der Waals surface area (Å²) < 4.78 is 0. The Morgan fingerprint density at radius 3 is 2.83 bits per heavy atom. The summed E-state index contributed by atoms with van der Waals surface area (Å²) in [5.41, 5.74) is 1.26. The van der Waals surface area contributed by atoms with Crippen molar-refractivity contribution in [3.05, 3.63) is 42.1 Å². The number of hydrogen-bond donors (Lipinski definition) is 2. The molecule has 1 atom stereocenters. The highest BCUT2D eigenvalue weighted by Gasteiger charge is 2.26. The lowest BCUT2D eigenvalue weighted by Gasteiger charge is -2.22. The van der Waals surface area contributed by atoms with Gasteiger partial charge in [0.15, 0.2) is 0 Å². The van der Waals surface area contributed by atoms with E-state index < -0.39 is 12.1 Å². The zero-order valence-electron chi connectivity index (χ0n) is 13.1. The Morgan fingerprint density at radius 1 is 1.21 bits per heavy atom. The van der Waals surface area contributed by atoms with Crippen molar-refractivity contribution < 1.29 is 19.8 Å². The standard InChI is InChI=1S/C17H19N3O4/c21-14-9-19(11-16(22)23)6-7-20(10-14)17(24)13-4-3-12-2-1-5-18-15(12)8-13/h1-5,8,14,21H,6-7,9-11H2,(H,22,23). The maximum Gasteiger partial charge on any atom is 0.317 e. The minimum Gasteiger partial charge on any atom is -0.480 e. The number of carbonyl (C=O) groups is 2. The molecule has 126 valence electrons. The molecule has 24 heavy (non-hydrogen) atoms. The molecule has 1 aliphatic heterocycles. The molecule has 1 aliphatic rings. The van der Waals surface area contributed by atoms with Crippen LogP contribution in [0.2, 0.25) is 0 Å². The number of nitrogens with zero attached hydrogens (tertiary/aromatic N) is 3. The summed E-state index contributed by atoms with van der Waals surface area (Å²) in [5, 5.41) is 19.9. The summed E-state index contributed by atoms with van der Waals surface area (Å²) in [6.45, 7) is 1.09. The molecule has 2 heterocycles. The van der Waals surface area contributed by atoms with Crippen LogP contribution in [0.3, 0.4) is 0 Å². The highest BCUT2D eigenvalue weighted by molar-refractivity contribution is 5.97. The van der Waals surface area contributed by atoms with Gasteiger partial charge in [0, 0.05) is 43.3 Å². The molecular weight excluding hydrogens is 310 g/mol. The van der Waals surface area contributed by atoms with Gasteiger partial charge in [-0.1, -0.05) is 12.1 Å². The number of aliphatic hydroxyl groups is 1. The minimum atomic E-state index is -0.942. The van der Waals surface area contributed by atoms with Crippen LogP contribution >= 0.6 is 0 Å². The summed E-state index contributed by atoms with van der Waals surface area (Å²) in [6.07, 6.45) is 0.908. The first-order valence-corrected chi connectivity index (χ1v) is 7.79. The van der Waals surface area contributed by atoms with E-state index in [2.05, 4.69) is 4.98 Å². The molecule has 2 aromatic rings. The molecule has 0 spiro atoms. The zero-order valence-corrected chi connectivity index (χ0v) is 13.1. The first-order chi connectivity index (χ1) is 11.5. The van der Waals surface area contributed by atoms with Crippen molar-refractivity contribution in [1.29, 1.82) is 0 Å². The smallest absolute Gasteiger partial charge is 0.317 e. The molecule has 7 heteroatoms. The highest BCUT2D eigenvalue weighted by Crippen LogP contribution is 2.16. The van der Waals surface area contributed by atoms with Gasteiger partial charge in [0.25, 0.3) is 5.91 Å². The monoisotopic (exact) mass is 329 g/mol. The molecule has 1 unspecified atom stereocenters. The first kappa shape index (κ1) is 16.4.